The minimum atomic E-state index is -0.606. The SMILES string of the molecule is CCc1cnccc1-c1nnc(C2(OC)CCOC2)o1. The van der Waals surface area contributed by atoms with E-state index in [2.05, 4.69) is 22.1 Å². The molecule has 1 aliphatic rings. The predicted octanol–water partition coefficient (Wildman–Crippen LogP) is 1.96. The number of hydrogen-bond donors (Lipinski definition) is 0. The van der Waals surface area contributed by atoms with Crippen LogP contribution in [-0.4, -0.2) is 35.5 Å². The largest absolute Gasteiger partial charge is 0.417 e. The Morgan fingerprint density at radius 1 is 1.40 bits per heavy atom. The van der Waals surface area contributed by atoms with E-state index in [0.29, 0.717) is 25.0 Å². The summed E-state index contributed by atoms with van der Waals surface area (Å²) in [5, 5.41) is 8.30. The first-order chi connectivity index (χ1) is 9.79. The lowest BCUT2D eigenvalue weighted by Gasteiger charge is -2.20. The van der Waals surface area contributed by atoms with Crippen LogP contribution in [0.3, 0.4) is 0 Å². The van der Waals surface area contributed by atoms with Crippen LogP contribution in [0.15, 0.2) is 22.9 Å². The van der Waals surface area contributed by atoms with Crippen LogP contribution >= 0.6 is 0 Å². The quantitative estimate of drug-likeness (QED) is 0.849. The normalized spacial score (nSPS) is 22.3. The van der Waals surface area contributed by atoms with Gasteiger partial charge in [-0.05, 0) is 18.1 Å². The van der Waals surface area contributed by atoms with Crippen LogP contribution < -0.4 is 0 Å². The molecule has 1 atom stereocenters. The molecule has 6 heteroatoms. The van der Waals surface area contributed by atoms with Gasteiger partial charge in [-0.15, -0.1) is 10.2 Å². The molecule has 0 spiro atoms. The fourth-order valence-corrected chi connectivity index (χ4v) is 2.40. The Labute approximate surface area is 117 Å². The van der Waals surface area contributed by atoms with Crippen molar-refractivity contribution in [3.63, 3.8) is 0 Å². The summed E-state index contributed by atoms with van der Waals surface area (Å²) in [6.07, 6.45) is 5.13. The van der Waals surface area contributed by atoms with Crippen molar-refractivity contribution in [1.82, 2.24) is 15.2 Å². The van der Waals surface area contributed by atoms with E-state index in [9.17, 15) is 0 Å². The molecule has 20 heavy (non-hydrogen) atoms. The third kappa shape index (κ3) is 2.10. The maximum atomic E-state index is 5.84. The van der Waals surface area contributed by atoms with E-state index in [0.717, 1.165) is 24.0 Å². The van der Waals surface area contributed by atoms with Gasteiger partial charge in [0.25, 0.3) is 5.89 Å². The van der Waals surface area contributed by atoms with Crippen LogP contribution in [-0.2, 0) is 21.5 Å². The van der Waals surface area contributed by atoms with E-state index in [1.807, 2.05) is 12.3 Å². The zero-order chi connectivity index (χ0) is 14.0. The van der Waals surface area contributed by atoms with Crippen molar-refractivity contribution in [2.45, 2.75) is 25.4 Å². The van der Waals surface area contributed by atoms with E-state index in [1.165, 1.54) is 0 Å². The number of aryl methyl sites for hydroxylation is 1. The smallest absolute Gasteiger partial charge is 0.251 e. The second-order valence-electron chi connectivity index (χ2n) is 4.80. The summed E-state index contributed by atoms with van der Waals surface area (Å²) < 4.78 is 16.8. The molecular formula is C14H17N3O3. The third-order valence-electron chi connectivity index (χ3n) is 3.71. The molecule has 0 bridgehead atoms. The highest BCUT2D eigenvalue weighted by Gasteiger charge is 2.42. The molecule has 0 aromatic carbocycles. The predicted molar refractivity (Wildman–Crippen MR) is 71.0 cm³/mol. The molecular weight excluding hydrogens is 258 g/mol. The highest BCUT2D eigenvalue weighted by atomic mass is 16.6. The molecule has 2 aromatic rings. The summed E-state index contributed by atoms with van der Waals surface area (Å²) in [7, 11) is 1.64. The molecule has 0 saturated carbocycles. The van der Waals surface area contributed by atoms with Crippen molar-refractivity contribution >= 4 is 0 Å². The Bertz CT molecular complexity index is 591. The van der Waals surface area contributed by atoms with Gasteiger partial charge in [0, 0.05) is 31.5 Å². The van der Waals surface area contributed by atoms with Crippen LogP contribution in [0.5, 0.6) is 0 Å². The van der Waals surface area contributed by atoms with E-state index in [-0.39, 0.29) is 0 Å². The number of nitrogens with zero attached hydrogens (tertiary/aromatic N) is 3. The number of ether oxygens (including phenoxy) is 2. The molecule has 6 nitrogen and oxygen atoms in total. The summed E-state index contributed by atoms with van der Waals surface area (Å²) in [5.41, 5.74) is 1.40. The topological polar surface area (TPSA) is 70.3 Å². The minimum Gasteiger partial charge on any atom is -0.417 e. The molecule has 0 radical (unpaired) electrons. The highest BCUT2D eigenvalue weighted by molar-refractivity contribution is 5.57. The maximum absolute atomic E-state index is 5.84. The lowest BCUT2D eigenvalue weighted by molar-refractivity contribution is -0.0407. The van der Waals surface area contributed by atoms with E-state index < -0.39 is 5.60 Å². The van der Waals surface area contributed by atoms with Crippen LogP contribution in [0, 0.1) is 0 Å². The van der Waals surface area contributed by atoms with Crippen LogP contribution in [0.1, 0.15) is 24.8 Å². The first-order valence-corrected chi connectivity index (χ1v) is 6.69. The fraction of sp³-hybridized carbons (Fsp3) is 0.500. The Morgan fingerprint density at radius 2 is 2.30 bits per heavy atom. The minimum absolute atomic E-state index is 0.447. The van der Waals surface area contributed by atoms with Crippen molar-refractivity contribution in [2.75, 3.05) is 20.3 Å². The molecule has 3 rings (SSSR count). The Kier molecular flexibility index (Phi) is 3.50. The summed E-state index contributed by atoms with van der Waals surface area (Å²) in [5.74, 6) is 0.981. The number of rotatable bonds is 4. The van der Waals surface area contributed by atoms with E-state index in [1.54, 1.807) is 13.3 Å². The first kappa shape index (κ1) is 13.2. The highest BCUT2D eigenvalue weighted by Crippen LogP contribution is 2.34. The second kappa shape index (κ2) is 5.30. The molecule has 0 amide bonds. The van der Waals surface area contributed by atoms with Gasteiger partial charge in [-0.1, -0.05) is 6.92 Å². The molecule has 1 saturated heterocycles. The molecule has 1 aliphatic heterocycles. The molecule has 106 valence electrons. The first-order valence-electron chi connectivity index (χ1n) is 6.69. The van der Waals surface area contributed by atoms with Gasteiger partial charge in [0.2, 0.25) is 5.89 Å². The van der Waals surface area contributed by atoms with Gasteiger partial charge in [0.1, 0.15) is 0 Å². The van der Waals surface area contributed by atoms with Gasteiger partial charge in [0.05, 0.1) is 13.2 Å². The molecule has 1 fully saturated rings. The Morgan fingerprint density at radius 3 is 3.00 bits per heavy atom. The molecule has 2 aromatic heterocycles. The van der Waals surface area contributed by atoms with Crippen molar-refractivity contribution < 1.29 is 13.9 Å². The fourth-order valence-electron chi connectivity index (χ4n) is 2.40. The van der Waals surface area contributed by atoms with Gasteiger partial charge in [0.15, 0.2) is 5.60 Å². The molecule has 3 heterocycles. The Balaban J connectivity index is 1.98. The van der Waals surface area contributed by atoms with Crippen molar-refractivity contribution in [2.24, 2.45) is 0 Å². The van der Waals surface area contributed by atoms with E-state index in [4.69, 9.17) is 13.9 Å². The van der Waals surface area contributed by atoms with Crippen molar-refractivity contribution in [3.05, 3.63) is 29.9 Å². The third-order valence-corrected chi connectivity index (χ3v) is 3.71. The molecule has 1 unspecified atom stereocenters. The number of pyridine rings is 1. The zero-order valence-electron chi connectivity index (χ0n) is 11.6. The summed E-state index contributed by atoms with van der Waals surface area (Å²) in [6.45, 7) is 3.16. The van der Waals surface area contributed by atoms with Gasteiger partial charge in [-0.3, -0.25) is 4.98 Å². The van der Waals surface area contributed by atoms with Crippen LogP contribution in [0.2, 0.25) is 0 Å². The van der Waals surface area contributed by atoms with Gasteiger partial charge in [-0.2, -0.15) is 0 Å². The van der Waals surface area contributed by atoms with Gasteiger partial charge in [-0.25, -0.2) is 0 Å². The Hall–Kier alpha value is -1.79. The van der Waals surface area contributed by atoms with Crippen LogP contribution in [0.4, 0.5) is 0 Å². The summed E-state index contributed by atoms with van der Waals surface area (Å²) in [4.78, 5) is 4.12. The maximum Gasteiger partial charge on any atom is 0.251 e. The lowest BCUT2D eigenvalue weighted by atomic mass is 10.0. The average Bonchev–Trinajstić information content (AvgIpc) is 3.16. The van der Waals surface area contributed by atoms with Gasteiger partial charge < -0.3 is 13.9 Å². The van der Waals surface area contributed by atoms with Gasteiger partial charge >= 0.3 is 0 Å². The monoisotopic (exact) mass is 275 g/mol. The molecule has 0 N–H and O–H groups in total. The average molecular weight is 275 g/mol. The number of aromatic nitrogens is 3. The lowest BCUT2D eigenvalue weighted by Crippen LogP contribution is -2.29. The van der Waals surface area contributed by atoms with Crippen LogP contribution in [0.25, 0.3) is 11.5 Å². The summed E-state index contributed by atoms with van der Waals surface area (Å²) >= 11 is 0. The zero-order valence-corrected chi connectivity index (χ0v) is 11.6. The second-order valence-corrected chi connectivity index (χ2v) is 4.80. The molecule has 0 aliphatic carbocycles. The van der Waals surface area contributed by atoms with Crippen molar-refractivity contribution in [3.8, 4) is 11.5 Å². The van der Waals surface area contributed by atoms with E-state index >= 15 is 0 Å². The number of methoxy groups -OCH3 is 1. The summed E-state index contributed by atoms with van der Waals surface area (Å²) in [6, 6.07) is 1.89. The van der Waals surface area contributed by atoms with Crippen molar-refractivity contribution in [1.29, 1.82) is 0 Å². The number of hydrogen-bond acceptors (Lipinski definition) is 6. The standard InChI is InChI=1S/C14H17N3O3/c1-3-10-8-15-6-4-11(10)12-16-17-13(20-12)14(18-2)5-7-19-9-14/h4,6,8H,3,5,7,9H2,1-2H3.